The molecule has 0 spiro atoms. The molecule has 1 aliphatic rings. The highest BCUT2D eigenvalue weighted by atomic mass is 16.2. The predicted octanol–water partition coefficient (Wildman–Crippen LogP) is 1.94. The lowest BCUT2D eigenvalue weighted by Gasteiger charge is -2.32. The summed E-state index contributed by atoms with van der Waals surface area (Å²) >= 11 is 0. The van der Waals surface area contributed by atoms with Crippen molar-refractivity contribution in [2.75, 3.05) is 25.5 Å². The summed E-state index contributed by atoms with van der Waals surface area (Å²) in [5.41, 5.74) is 1.57. The van der Waals surface area contributed by atoms with Crippen molar-refractivity contribution in [2.45, 2.75) is 58.2 Å². The van der Waals surface area contributed by atoms with E-state index in [-0.39, 0.29) is 11.9 Å². The third kappa shape index (κ3) is 3.16. The molecule has 1 aliphatic heterocycles. The topological polar surface area (TPSA) is 77.1 Å². The molecule has 2 N–H and O–H groups in total. The SMILES string of the molecule is CCc1c[nH]c2ncnc(N3CC(NC(=O)C(C)(C)N(C)C)CC3C)c12. The minimum Gasteiger partial charge on any atom is -0.351 e. The van der Waals surface area contributed by atoms with Crippen LogP contribution in [0.4, 0.5) is 5.82 Å². The Kier molecular flexibility index (Phi) is 4.92. The van der Waals surface area contributed by atoms with E-state index < -0.39 is 5.54 Å². The number of anilines is 1. The molecule has 2 aromatic heterocycles. The molecule has 1 amide bonds. The van der Waals surface area contributed by atoms with Crippen LogP contribution in [0.15, 0.2) is 12.5 Å². The maximum absolute atomic E-state index is 12.7. The molecule has 7 nitrogen and oxygen atoms in total. The molecule has 1 fully saturated rings. The summed E-state index contributed by atoms with van der Waals surface area (Å²) in [5.74, 6) is 1.02. The van der Waals surface area contributed by atoms with Crippen LogP contribution in [-0.2, 0) is 11.2 Å². The number of likely N-dealkylation sites (N-methyl/N-ethyl adjacent to an activating group) is 1. The third-order valence-corrected chi connectivity index (χ3v) is 5.77. The molecule has 1 saturated heterocycles. The maximum Gasteiger partial charge on any atom is 0.240 e. The molecule has 0 aromatic carbocycles. The summed E-state index contributed by atoms with van der Waals surface area (Å²) in [7, 11) is 3.86. The maximum atomic E-state index is 12.7. The molecule has 3 heterocycles. The molecule has 7 heteroatoms. The van der Waals surface area contributed by atoms with Crippen LogP contribution < -0.4 is 10.2 Å². The number of nitrogens with zero attached hydrogens (tertiary/aromatic N) is 4. The first kappa shape index (κ1) is 18.6. The highest BCUT2D eigenvalue weighted by Crippen LogP contribution is 2.32. The van der Waals surface area contributed by atoms with E-state index in [1.807, 2.05) is 39.0 Å². The van der Waals surface area contributed by atoms with Gasteiger partial charge in [-0.3, -0.25) is 9.69 Å². The lowest BCUT2D eigenvalue weighted by molar-refractivity contribution is -0.130. The first-order valence-corrected chi connectivity index (χ1v) is 9.31. The van der Waals surface area contributed by atoms with Crippen molar-refractivity contribution in [3.63, 3.8) is 0 Å². The van der Waals surface area contributed by atoms with Crippen LogP contribution in [0, 0.1) is 0 Å². The Balaban J connectivity index is 1.82. The number of hydrogen-bond donors (Lipinski definition) is 2. The summed E-state index contributed by atoms with van der Waals surface area (Å²) in [6, 6.07) is 0.422. The van der Waals surface area contributed by atoms with E-state index in [2.05, 4.69) is 39.0 Å². The first-order valence-electron chi connectivity index (χ1n) is 9.31. The fourth-order valence-corrected chi connectivity index (χ4v) is 3.50. The van der Waals surface area contributed by atoms with Gasteiger partial charge in [-0.2, -0.15) is 0 Å². The third-order valence-electron chi connectivity index (χ3n) is 5.77. The number of amides is 1. The van der Waals surface area contributed by atoms with Crippen molar-refractivity contribution < 1.29 is 4.79 Å². The monoisotopic (exact) mass is 358 g/mol. The molecule has 0 saturated carbocycles. The van der Waals surface area contributed by atoms with Crippen molar-refractivity contribution in [1.82, 2.24) is 25.2 Å². The van der Waals surface area contributed by atoms with Gasteiger partial charge in [-0.05, 0) is 53.3 Å². The zero-order valence-corrected chi connectivity index (χ0v) is 16.6. The lowest BCUT2D eigenvalue weighted by atomic mass is 10.0. The van der Waals surface area contributed by atoms with Crippen molar-refractivity contribution in [1.29, 1.82) is 0 Å². The number of carbonyl (C=O) groups is 1. The Labute approximate surface area is 155 Å². The average molecular weight is 358 g/mol. The number of rotatable bonds is 5. The van der Waals surface area contributed by atoms with Crippen LogP contribution in [0.25, 0.3) is 11.0 Å². The molecule has 0 aliphatic carbocycles. The first-order chi connectivity index (χ1) is 12.3. The summed E-state index contributed by atoms with van der Waals surface area (Å²) in [6.45, 7) is 8.98. The Hall–Kier alpha value is -2.15. The number of H-pyrrole nitrogens is 1. The van der Waals surface area contributed by atoms with Crippen LogP contribution in [0.5, 0.6) is 0 Å². The molecular weight excluding hydrogens is 328 g/mol. The van der Waals surface area contributed by atoms with Gasteiger partial charge in [0.1, 0.15) is 17.8 Å². The molecular formula is C19H30N6O. The number of fused-ring (bicyclic) bond motifs is 1. The summed E-state index contributed by atoms with van der Waals surface area (Å²) in [5, 5.41) is 4.33. The standard InChI is InChI=1S/C19H30N6O/c1-7-13-9-20-16-15(13)17(22-11-21-16)25-10-14(8-12(25)2)23-18(26)19(3,4)24(5)6/h9,11-12,14H,7-8,10H2,1-6H3,(H,23,26)(H,20,21,22). The summed E-state index contributed by atoms with van der Waals surface area (Å²) in [4.78, 5) is 29.1. The average Bonchev–Trinajstić information content (AvgIpc) is 3.17. The van der Waals surface area contributed by atoms with Crippen molar-refractivity contribution in [3.05, 3.63) is 18.1 Å². The van der Waals surface area contributed by atoms with Crippen molar-refractivity contribution in [2.24, 2.45) is 0 Å². The van der Waals surface area contributed by atoms with Gasteiger partial charge in [0.05, 0.1) is 10.9 Å². The molecule has 26 heavy (non-hydrogen) atoms. The highest BCUT2D eigenvalue weighted by Gasteiger charge is 2.36. The van der Waals surface area contributed by atoms with E-state index >= 15 is 0 Å². The minimum absolute atomic E-state index is 0.0604. The van der Waals surface area contributed by atoms with E-state index in [9.17, 15) is 4.79 Å². The normalized spacial score (nSPS) is 21.0. The number of hydrogen-bond acceptors (Lipinski definition) is 5. The molecule has 2 atom stereocenters. The van der Waals surface area contributed by atoms with Crippen LogP contribution in [0.1, 0.15) is 39.7 Å². The van der Waals surface area contributed by atoms with Crippen LogP contribution in [0.3, 0.4) is 0 Å². The zero-order valence-electron chi connectivity index (χ0n) is 16.6. The van der Waals surface area contributed by atoms with E-state index in [1.54, 1.807) is 6.33 Å². The Bertz CT molecular complexity index is 796. The molecule has 2 unspecified atom stereocenters. The second-order valence-electron chi connectivity index (χ2n) is 7.95. The zero-order chi connectivity index (χ0) is 19.1. The fraction of sp³-hybridized carbons (Fsp3) is 0.632. The number of aromatic amines is 1. The highest BCUT2D eigenvalue weighted by molar-refractivity contribution is 5.91. The molecule has 3 rings (SSSR count). The predicted molar refractivity (Wildman–Crippen MR) is 104 cm³/mol. The molecule has 0 radical (unpaired) electrons. The Morgan fingerprint density at radius 2 is 2.15 bits per heavy atom. The summed E-state index contributed by atoms with van der Waals surface area (Å²) < 4.78 is 0. The van der Waals surface area contributed by atoms with Gasteiger partial charge in [0.25, 0.3) is 0 Å². The van der Waals surface area contributed by atoms with Crippen molar-refractivity contribution >= 4 is 22.8 Å². The number of nitrogens with one attached hydrogen (secondary N) is 2. The van der Waals surface area contributed by atoms with Crippen molar-refractivity contribution in [3.8, 4) is 0 Å². The Morgan fingerprint density at radius 1 is 1.42 bits per heavy atom. The summed E-state index contributed by atoms with van der Waals surface area (Å²) in [6.07, 6.45) is 5.47. The number of aryl methyl sites for hydroxylation is 1. The molecule has 142 valence electrons. The van der Waals surface area contributed by atoms with E-state index in [0.717, 1.165) is 36.2 Å². The van der Waals surface area contributed by atoms with Gasteiger partial charge in [-0.15, -0.1) is 0 Å². The smallest absolute Gasteiger partial charge is 0.240 e. The van der Waals surface area contributed by atoms with E-state index in [4.69, 9.17) is 0 Å². The van der Waals surface area contributed by atoms with E-state index in [1.165, 1.54) is 5.56 Å². The van der Waals surface area contributed by atoms with E-state index in [0.29, 0.717) is 6.04 Å². The van der Waals surface area contributed by atoms with Gasteiger partial charge < -0.3 is 15.2 Å². The second-order valence-corrected chi connectivity index (χ2v) is 7.95. The van der Waals surface area contributed by atoms with Gasteiger partial charge in [0.15, 0.2) is 0 Å². The quantitative estimate of drug-likeness (QED) is 0.854. The van der Waals surface area contributed by atoms with Crippen LogP contribution in [0.2, 0.25) is 0 Å². The molecule has 2 aromatic rings. The van der Waals surface area contributed by atoms with Gasteiger partial charge in [0, 0.05) is 24.8 Å². The molecule has 0 bridgehead atoms. The Morgan fingerprint density at radius 3 is 2.81 bits per heavy atom. The number of carbonyl (C=O) groups excluding carboxylic acids is 1. The minimum atomic E-state index is -0.533. The lowest BCUT2D eigenvalue weighted by Crippen LogP contribution is -2.54. The van der Waals surface area contributed by atoms with Gasteiger partial charge >= 0.3 is 0 Å². The number of aromatic nitrogens is 3. The van der Waals surface area contributed by atoms with Gasteiger partial charge in [0.2, 0.25) is 5.91 Å². The largest absolute Gasteiger partial charge is 0.351 e. The fourth-order valence-electron chi connectivity index (χ4n) is 3.50. The van der Waals surface area contributed by atoms with Gasteiger partial charge in [-0.25, -0.2) is 9.97 Å². The van der Waals surface area contributed by atoms with Gasteiger partial charge in [-0.1, -0.05) is 6.92 Å². The second kappa shape index (κ2) is 6.87. The van der Waals surface area contributed by atoms with Crippen LogP contribution >= 0.6 is 0 Å². The van der Waals surface area contributed by atoms with Crippen LogP contribution in [-0.4, -0.2) is 64.0 Å².